The molecule has 1 saturated heterocycles. The number of aromatic nitrogens is 1. The molecule has 1 aliphatic rings. The topological polar surface area (TPSA) is 28.2 Å². The second kappa shape index (κ2) is 6.48. The predicted molar refractivity (Wildman–Crippen MR) is 73.7 cm³/mol. The molecule has 0 amide bonds. The number of rotatable bonds is 4. The van der Waals surface area contributed by atoms with E-state index < -0.39 is 0 Å². The molecule has 1 aliphatic heterocycles. The van der Waals surface area contributed by atoms with Crippen molar-refractivity contribution in [1.29, 1.82) is 0 Å². The van der Waals surface area contributed by atoms with Gasteiger partial charge >= 0.3 is 0 Å². The Morgan fingerprint density at radius 1 is 1.24 bits per heavy atom. The molecule has 17 heavy (non-hydrogen) atoms. The second-order valence-electron chi connectivity index (χ2n) is 4.73. The molecule has 0 unspecified atom stereocenters. The maximum atomic E-state index is 4.36. The van der Waals surface area contributed by atoms with Crippen molar-refractivity contribution in [3.63, 3.8) is 0 Å². The highest BCUT2D eigenvalue weighted by Crippen LogP contribution is 2.21. The number of nitrogens with zero attached hydrogens (tertiary/aromatic N) is 2. The number of hydrogen-bond acceptors (Lipinski definition) is 3. The molecule has 2 heterocycles. The summed E-state index contributed by atoms with van der Waals surface area (Å²) in [4.78, 5) is 6.85. The van der Waals surface area contributed by atoms with E-state index in [-0.39, 0.29) is 0 Å². The second-order valence-corrected chi connectivity index (χ2v) is 4.73. The molecule has 0 atom stereocenters. The van der Waals surface area contributed by atoms with Gasteiger partial charge in [0.25, 0.3) is 0 Å². The van der Waals surface area contributed by atoms with Crippen LogP contribution in [0.1, 0.15) is 39.0 Å². The van der Waals surface area contributed by atoms with E-state index in [1.54, 1.807) is 0 Å². The lowest BCUT2D eigenvalue weighted by atomic mass is 10.2. The maximum absolute atomic E-state index is 4.36. The first kappa shape index (κ1) is 12.2. The fourth-order valence-electron chi connectivity index (χ4n) is 2.29. The van der Waals surface area contributed by atoms with Gasteiger partial charge in [-0.05, 0) is 25.3 Å². The van der Waals surface area contributed by atoms with Crippen molar-refractivity contribution >= 4 is 11.5 Å². The molecule has 1 aromatic rings. The number of hydrogen-bond donors (Lipinski definition) is 1. The lowest BCUT2D eigenvalue weighted by molar-refractivity contribution is 0.726. The fourth-order valence-corrected chi connectivity index (χ4v) is 2.29. The predicted octanol–water partition coefficient (Wildman–Crippen LogP) is 3.28. The molecular weight excluding hydrogens is 210 g/mol. The van der Waals surface area contributed by atoms with Crippen LogP contribution in [0.5, 0.6) is 0 Å². The quantitative estimate of drug-likeness (QED) is 0.865. The van der Waals surface area contributed by atoms with Crippen molar-refractivity contribution in [1.82, 2.24) is 4.98 Å². The smallest absolute Gasteiger partial charge is 0.127 e. The summed E-state index contributed by atoms with van der Waals surface area (Å²) in [6.07, 6.45) is 8.44. The average Bonchev–Trinajstić information content (AvgIpc) is 2.65. The van der Waals surface area contributed by atoms with E-state index in [0.29, 0.717) is 0 Å². The van der Waals surface area contributed by atoms with E-state index in [9.17, 15) is 0 Å². The summed E-state index contributed by atoms with van der Waals surface area (Å²) in [6, 6.07) is 4.31. The van der Waals surface area contributed by atoms with Crippen molar-refractivity contribution in [2.75, 3.05) is 29.9 Å². The van der Waals surface area contributed by atoms with Gasteiger partial charge in [-0.2, -0.15) is 0 Å². The molecule has 1 aromatic heterocycles. The number of pyridine rings is 1. The molecule has 0 aromatic carbocycles. The van der Waals surface area contributed by atoms with Crippen LogP contribution in [-0.2, 0) is 0 Å². The molecule has 0 bridgehead atoms. The third-order valence-corrected chi connectivity index (χ3v) is 3.27. The summed E-state index contributed by atoms with van der Waals surface area (Å²) in [5, 5.41) is 3.35. The monoisotopic (exact) mass is 233 g/mol. The minimum absolute atomic E-state index is 0.996. The average molecular weight is 233 g/mol. The molecular formula is C14H23N3. The van der Waals surface area contributed by atoms with Crippen LogP contribution in [0.4, 0.5) is 11.5 Å². The summed E-state index contributed by atoms with van der Waals surface area (Å²) in [7, 11) is 0. The molecule has 3 nitrogen and oxygen atoms in total. The van der Waals surface area contributed by atoms with Gasteiger partial charge in [-0.15, -0.1) is 0 Å². The Kier molecular flexibility index (Phi) is 4.65. The van der Waals surface area contributed by atoms with Crippen molar-refractivity contribution in [2.24, 2.45) is 0 Å². The highest BCUT2D eigenvalue weighted by atomic mass is 15.1. The Hall–Kier alpha value is -1.25. The molecule has 0 radical (unpaired) electrons. The Morgan fingerprint density at radius 2 is 2.00 bits per heavy atom. The van der Waals surface area contributed by atoms with Crippen molar-refractivity contribution in [2.45, 2.75) is 39.0 Å². The zero-order chi connectivity index (χ0) is 11.9. The maximum Gasteiger partial charge on any atom is 0.127 e. The van der Waals surface area contributed by atoms with E-state index in [4.69, 9.17) is 0 Å². The van der Waals surface area contributed by atoms with Crippen LogP contribution >= 0.6 is 0 Å². The first-order chi connectivity index (χ1) is 8.40. The van der Waals surface area contributed by atoms with Crippen LogP contribution in [0.2, 0.25) is 0 Å². The van der Waals surface area contributed by atoms with Gasteiger partial charge in [0.15, 0.2) is 0 Å². The fraction of sp³-hybridized carbons (Fsp3) is 0.643. The SMILES string of the molecule is CCCNc1cc(N2CCCCCC2)ccn1. The largest absolute Gasteiger partial charge is 0.371 e. The van der Waals surface area contributed by atoms with Crippen LogP contribution in [0.25, 0.3) is 0 Å². The van der Waals surface area contributed by atoms with E-state index in [1.165, 1.54) is 44.5 Å². The first-order valence-electron chi connectivity index (χ1n) is 6.85. The molecule has 0 aliphatic carbocycles. The number of anilines is 2. The van der Waals surface area contributed by atoms with Gasteiger partial charge < -0.3 is 10.2 Å². The summed E-state index contributed by atoms with van der Waals surface area (Å²) in [6.45, 7) is 5.55. The zero-order valence-corrected chi connectivity index (χ0v) is 10.8. The van der Waals surface area contributed by atoms with E-state index in [2.05, 4.69) is 34.3 Å². The normalized spacial score (nSPS) is 16.6. The molecule has 3 heteroatoms. The minimum Gasteiger partial charge on any atom is -0.371 e. The summed E-state index contributed by atoms with van der Waals surface area (Å²) >= 11 is 0. The number of nitrogens with one attached hydrogen (secondary N) is 1. The van der Waals surface area contributed by atoms with Crippen LogP contribution in [-0.4, -0.2) is 24.6 Å². The molecule has 0 spiro atoms. The van der Waals surface area contributed by atoms with Gasteiger partial charge in [0, 0.05) is 37.6 Å². The van der Waals surface area contributed by atoms with E-state index in [1.807, 2.05) is 6.20 Å². The molecule has 1 N–H and O–H groups in total. The van der Waals surface area contributed by atoms with Gasteiger partial charge in [0.2, 0.25) is 0 Å². The van der Waals surface area contributed by atoms with Crippen LogP contribution in [0.15, 0.2) is 18.3 Å². The van der Waals surface area contributed by atoms with Crippen molar-refractivity contribution in [3.8, 4) is 0 Å². The van der Waals surface area contributed by atoms with Crippen molar-refractivity contribution < 1.29 is 0 Å². The summed E-state index contributed by atoms with van der Waals surface area (Å²) < 4.78 is 0. The third-order valence-electron chi connectivity index (χ3n) is 3.27. The molecule has 2 rings (SSSR count). The standard InChI is InChI=1S/C14H23N3/c1-2-8-15-14-12-13(7-9-16-14)17-10-5-3-4-6-11-17/h7,9,12H,2-6,8,10-11H2,1H3,(H,15,16). The van der Waals surface area contributed by atoms with Crippen molar-refractivity contribution in [3.05, 3.63) is 18.3 Å². The van der Waals surface area contributed by atoms with Crippen LogP contribution in [0, 0.1) is 0 Å². The Balaban J connectivity index is 2.03. The van der Waals surface area contributed by atoms with Crippen LogP contribution < -0.4 is 10.2 Å². The van der Waals surface area contributed by atoms with Gasteiger partial charge in [0.1, 0.15) is 5.82 Å². The minimum atomic E-state index is 0.996. The lowest BCUT2D eigenvalue weighted by Crippen LogP contribution is -2.23. The van der Waals surface area contributed by atoms with Crippen LogP contribution in [0.3, 0.4) is 0 Å². The van der Waals surface area contributed by atoms with E-state index in [0.717, 1.165) is 18.8 Å². The molecule has 94 valence electrons. The lowest BCUT2D eigenvalue weighted by Gasteiger charge is -2.23. The Bertz CT molecular complexity index is 330. The Labute approximate surface area is 104 Å². The van der Waals surface area contributed by atoms with Gasteiger partial charge in [-0.1, -0.05) is 19.8 Å². The first-order valence-corrected chi connectivity index (χ1v) is 6.85. The van der Waals surface area contributed by atoms with Gasteiger partial charge in [-0.3, -0.25) is 0 Å². The highest BCUT2D eigenvalue weighted by Gasteiger charge is 2.10. The molecule has 1 fully saturated rings. The van der Waals surface area contributed by atoms with Gasteiger partial charge in [-0.25, -0.2) is 4.98 Å². The Morgan fingerprint density at radius 3 is 2.71 bits per heavy atom. The highest BCUT2D eigenvalue weighted by molar-refractivity contribution is 5.53. The summed E-state index contributed by atoms with van der Waals surface area (Å²) in [5.41, 5.74) is 1.32. The summed E-state index contributed by atoms with van der Waals surface area (Å²) in [5.74, 6) is 1.01. The molecule has 0 saturated carbocycles. The van der Waals surface area contributed by atoms with Gasteiger partial charge in [0.05, 0.1) is 0 Å². The third kappa shape index (κ3) is 3.62. The zero-order valence-electron chi connectivity index (χ0n) is 10.8. The van der Waals surface area contributed by atoms with E-state index >= 15 is 0 Å².